The summed E-state index contributed by atoms with van der Waals surface area (Å²) in [6.45, 7) is 3.69. The number of allylic oxidation sites excluding steroid dienone is 2. The number of fused-ring (bicyclic) bond motifs is 1. The number of rotatable bonds is 5. The van der Waals surface area contributed by atoms with Crippen molar-refractivity contribution in [2.24, 2.45) is 10.9 Å². The number of hydrogen-bond donors (Lipinski definition) is 1. The molecule has 2 unspecified atom stereocenters. The minimum Gasteiger partial charge on any atom is -0.496 e. The fourth-order valence-electron chi connectivity index (χ4n) is 5.16. The molecule has 0 radical (unpaired) electrons. The van der Waals surface area contributed by atoms with Crippen molar-refractivity contribution in [3.8, 4) is 5.75 Å². The molecule has 0 aliphatic heterocycles. The summed E-state index contributed by atoms with van der Waals surface area (Å²) in [6.07, 6.45) is -6.10. The number of halogens is 6. The normalized spacial score (nSPS) is 20.8. The number of carbonyl (C=O) groups excluding carboxylic acids is 1. The number of alkyl halides is 6. The van der Waals surface area contributed by atoms with E-state index >= 15 is 0 Å². The summed E-state index contributed by atoms with van der Waals surface area (Å²) in [5.41, 5.74) is 2.67. The van der Waals surface area contributed by atoms with Gasteiger partial charge in [0.05, 0.1) is 29.8 Å². The average molecular weight is 553 g/mol. The second kappa shape index (κ2) is 11.1. The minimum atomic E-state index is -4.55. The van der Waals surface area contributed by atoms with Gasteiger partial charge in [-0.25, -0.2) is 0 Å². The number of nitrogens with one attached hydrogen (secondary N) is 1. The Hall–Kier alpha value is -3.30. The minimum absolute atomic E-state index is 0.0920. The van der Waals surface area contributed by atoms with Gasteiger partial charge in [0.1, 0.15) is 5.75 Å². The molecule has 0 saturated carbocycles. The molecular weight excluding hydrogens is 522 g/mol. The van der Waals surface area contributed by atoms with Crippen molar-refractivity contribution in [1.82, 2.24) is 5.32 Å². The number of methoxy groups -OCH3 is 1. The van der Waals surface area contributed by atoms with Crippen LogP contribution in [-0.4, -0.2) is 24.9 Å². The molecule has 10 heteroatoms. The molecule has 210 valence electrons. The van der Waals surface area contributed by atoms with Crippen molar-refractivity contribution in [3.05, 3.63) is 69.9 Å². The summed E-state index contributed by atoms with van der Waals surface area (Å²) in [6, 6.07) is 7.37. The van der Waals surface area contributed by atoms with Crippen molar-refractivity contribution < 1.29 is 35.9 Å². The van der Waals surface area contributed by atoms with Crippen LogP contribution in [0.25, 0.3) is 0 Å². The molecule has 0 saturated heterocycles. The second-order valence-corrected chi connectivity index (χ2v) is 9.98. The Morgan fingerprint density at radius 2 is 1.82 bits per heavy atom. The highest BCUT2D eigenvalue weighted by molar-refractivity contribution is 6.00. The Labute approximate surface area is 223 Å². The molecule has 2 aromatic rings. The first-order valence-corrected chi connectivity index (χ1v) is 12.9. The Kier molecular flexibility index (Phi) is 8.14. The summed E-state index contributed by atoms with van der Waals surface area (Å²) in [5.74, 6) is -1.99. The fraction of sp³-hybridized carbons (Fsp3) is 0.448. The number of nitrogens with zero attached hydrogens (tertiary/aromatic N) is 1. The van der Waals surface area contributed by atoms with Crippen LogP contribution in [-0.2, 0) is 19.0 Å². The van der Waals surface area contributed by atoms with E-state index in [2.05, 4.69) is 10.3 Å². The predicted molar refractivity (Wildman–Crippen MR) is 137 cm³/mol. The lowest BCUT2D eigenvalue weighted by Gasteiger charge is -2.27. The smallest absolute Gasteiger partial charge is 0.418 e. The van der Waals surface area contributed by atoms with Gasteiger partial charge >= 0.3 is 12.4 Å². The van der Waals surface area contributed by atoms with E-state index in [4.69, 9.17) is 4.74 Å². The predicted octanol–water partition coefficient (Wildman–Crippen LogP) is 8.07. The first-order valence-electron chi connectivity index (χ1n) is 12.9. The van der Waals surface area contributed by atoms with Crippen molar-refractivity contribution >= 4 is 17.3 Å². The zero-order chi connectivity index (χ0) is 28.5. The molecular formula is C29H30F6N2O2. The molecule has 2 aliphatic carbocycles. The van der Waals surface area contributed by atoms with Crippen LogP contribution < -0.4 is 10.1 Å². The van der Waals surface area contributed by atoms with Gasteiger partial charge in [0.2, 0.25) is 0 Å². The standard InChI is InChI=1S/C29H30F6N2O2/c1-4-17-5-11-23(29(33,34)35)25(13-17)37-24-12-6-18-14-26(39-3)22(15-21(18)16(24)2)27(38)36-20-9-7-19(8-10-20)28(30,31)32/h5,9,11,13-16,19H,4,6-8,10,12H2,1-3H3,(H,36,38). The summed E-state index contributed by atoms with van der Waals surface area (Å²) < 4.78 is 85.4. The first-order chi connectivity index (χ1) is 18.3. The van der Waals surface area contributed by atoms with E-state index in [0.29, 0.717) is 36.4 Å². The topological polar surface area (TPSA) is 50.7 Å². The third-order valence-corrected chi connectivity index (χ3v) is 7.51. The van der Waals surface area contributed by atoms with Crippen LogP contribution in [0.2, 0.25) is 0 Å². The molecule has 2 aliphatic rings. The maximum atomic E-state index is 13.7. The Balaban J connectivity index is 1.63. The van der Waals surface area contributed by atoms with Crippen LogP contribution in [0.4, 0.5) is 32.0 Å². The molecule has 0 heterocycles. The second-order valence-electron chi connectivity index (χ2n) is 9.98. The van der Waals surface area contributed by atoms with Gasteiger partial charge in [-0.3, -0.25) is 9.79 Å². The summed E-state index contributed by atoms with van der Waals surface area (Å²) in [4.78, 5) is 17.6. The first kappa shape index (κ1) is 28.7. The van der Waals surface area contributed by atoms with Crippen molar-refractivity contribution in [2.75, 3.05) is 7.11 Å². The van der Waals surface area contributed by atoms with Gasteiger partial charge in [-0.05, 0) is 79.5 Å². The zero-order valence-corrected chi connectivity index (χ0v) is 21.9. The third kappa shape index (κ3) is 6.31. The highest BCUT2D eigenvalue weighted by atomic mass is 19.4. The number of aryl methyl sites for hydroxylation is 2. The van der Waals surface area contributed by atoms with E-state index in [1.165, 1.54) is 25.3 Å². The highest BCUT2D eigenvalue weighted by Crippen LogP contribution is 2.40. The third-order valence-electron chi connectivity index (χ3n) is 7.51. The molecule has 4 nitrogen and oxygen atoms in total. The van der Waals surface area contributed by atoms with Crippen LogP contribution in [0.15, 0.2) is 47.1 Å². The molecule has 0 fully saturated rings. The van der Waals surface area contributed by atoms with E-state index in [1.54, 1.807) is 12.1 Å². The largest absolute Gasteiger partial charge is 0.496 e. The number of carbonyl (C=O) groups is 1. The molecule has 0 spiro atoms. The molecule has 4 rings (SSSR count). The Morgan fingerprint density at radius 3 is 2.41 bits per heavy atom. The number of amides is 1. The Bertz CT molecular complexity index is 1310. The van der Waals surface area contributed by atoms with E-state index in [9.17, 15) is 31.1 Å². The highest BCUT2D eigenvalue weighted by Gasteiger charge is 2.40. The molecule has 0 aromatic heterocycles. The van der Waals surface area contributed by atoms with Crippen LogP contribution in [0.3, 0.4) is 0 Å². The maximum Gasteiger partial charge on any atom is 0.418 e. The van der Waals surface area contributed by atoms with Crippen molar-refractivity contribution in [2.45, 2.75) is 70.6 Å². The van der Waals surface area contributed by atoms with E-state index in [-0.39, 0.29) is 36.4 Å². The number of benzene rings is 2. The Morgan fingerprint density at radius 1 is 1.08 bits per heavy atom. The lowest BCUT2D eigenvalue weighted by atomic mass is 9.81. The molecule has 2 aromatic carbocycles. The number of ether oxygens (including phenoxy) is 1. The van der Waals surface area contributed by atoms with E-state index in [1.807, 2.05) is 13.8 Å². The van der Waals surface area contributed by atoms with Gasteiger partial charge in [-0.2, -0.15) is 26.3 Å². The van der Waals surface area contributed by atoms with E-state index < -0.39 is 29.7 Å². The molecule has 2 atom stereocenters. The van der Waals surface area contributed by atoms with Gasteiger partial charge in [-0.1, -0.05) is 26.0 Å². The fourth-order valence-corrected chi connectivity index (χ4v) is 5.16. The molecule has 1 N–H and O–H groups in total. The molecule has 1 amide bonds. The SMILES string of the molecule is CCc1ccc(C(F)(F)F)c(N=C2CCc3cc(OC)c(C(=O)NC4=CCC(C(F)(F)F)CC4)cc3C2C)c1. The van der Waals surface area contributed by atoms with Gasteiger partial charge < -0.3 is 10.1 Å². The number of hydrogen-bond acceptors (Lipinski definition) is 3. The molecule has 0 bridgehead atoms. The van der Waals surface area contributed by atoms with Crippen molar-refractivity contribution in [3.63, 3.8) is 0 Å². The monoisotopic (exact) mass is 552 g/mol. The van der Waals surface area contributed by atoms with Gasteiger partial charge in [0.15, 0.2) is 0 Å². The van der Waals surface area contributed by atoms with Crippen LogP contribution >= 0.6 is 0 Å². The lowest BCUT2D eigenvalue weighted by molar-refractivity contribution is -0.176. The van der Waals surface area contributed by atoms with Gasteiger partial charge in [0.25, 0.3) is 5.91 Å². The van der Waals surface area contributed by atoms with Gasteiger partial charge in [-0.15, -0.1) is 0 Å². The van der Waals surface area contributed by atoms with Crippen LogP contribution in [0.5, 0.6) is 5.75 Å². The molecule has 39 heavy (non-hydrogen) atoms. The summed E-state index contributed by atoms with van der Waals surface area (Å²) >= 11 is 0. The van der Waals surface area contributed by atoms with Crippen molar-refractivity contribution in [1.29, 1.82) is 0 Å². The van der Waals surface area contributed by atoms with Crippen LogP contribution in [0, 0.1) is 5.92 Å². The summed E-state index contributed by atoms with van der Waals surface area (Å²) in [7, 11) is 1.42. The average Bonchev–Trinajstić information content (AvgIpc) is 2.88. The van der Waals surface area contributed by atoms with Crippen LogP contribution in [0.1, 0.15) is 78.1 Å². The van der Waals surface area contributed by atoms with E-state index in [0.717, 1.165) is 22.8 Å². The quantitative estimate of drug-likeness (QED) is 0.382. The van der Waals surface area contributed by atoms with Gasteiger partial charge in [0, 0.05) is 17.3 Å². The zero-order valence-electron chi connectivity index (χ0n) is 21.9. The summed E-state index contributed by atoms with van der Waals surface area (Å²) in [5, 5.41) is 2.71. The lowest BCUT2D eigenvalue weighted by Crippen LogP contribution is -2.30. The maximum absolute atomic E-state index is 13.7. The number of aliphatic imine (C=N–C) groups is 1.